The highest BCUT2D eigenvalue weighted by atomic mass is 16.5. The smallest absolute Gasteiger partial charge is 0.144 e. The van der Waals surface area contributed by atoms with Crippen LogP contribution in [-0.4, -0.2) is 23.6 Å². The Morgan fingerprint density at radius 1 is 1.10 bits per heavy atom. The van der Waals surface area contributed by atoms with Crippen molar-refractivity contribution in [1.82, 2.24) is 9.97 Å². The summed E-state index contributed by atoms with van der Waals surface area (Å²) in [6.45, 7) is 0.934. The van der Waals surface area contributed by atoms with E-state index in [1.807, 2.05) is 24.3 Å². The summed E-state index contributed by atoms with van der Waals surface area (Å²) in [5, 5.41) is 1.09. The van der Waals surface area contributed by atoms with E-state index in [0.29, 0.717) is 0 Å². The fraction of sp³-hybridized carbons (Fsp3) is 0.176. The Hall–Kier alpha value is -2.62. The number of anilines is 2. The van der Waals surface area contributed by atoms with E-state index in [0.717, 1.165) is 35.4 Å². The van der Waals surface area contributed by atoms with Crippen LogP contribution in [0, 0.1) is 0 Å². The lowest BCUT2D eigenvalue weighted by molar-refractivity contribution is 0.414. The number of benzene rings is 2. The van der Waals surface area contributed by atoms with Gasteiger partial charge in [-0.1, -0.05) is 12.1 Å². The molecule has 0 saturated heterocycles. The number of para-hydroxylation sites is 1. The highest BCUT2D eigenvalue weighted by molar-refractivity contribution is 5.92. The zero-order valence-electron chi connectivity index (χ0n) is 11.8. The van der Waals surface area contributed by atoms with Gasteiger partial charge in [-0.25, -0.2) is 9.97 Å². The minimum Gasteiger partial charge on any atom is -0.497 e. The second kappa shape index (κ2) is 4.74. The first kappa shape index (κ1) is 12.1. The van der Waals surface area contributed by atoms with Gasteiger partial charge in [-0.15, -0.1) is 0 Å². The predicted octanol–water partition coefficient (Wildman–Crippen LogP) is 3.33. The van der Waals surface area contributed by atoms with Crippen molar-refractivity contribution in [1.29, 1.82) is 0 Å². The number of rotatable bonds is 2. The van der Waals surface area contributed by atoms with Crippen molar-refractivity contribution in [2.75, 3.05) is 18.6 Å². The number of hydrogen-bond donors (Lipinski definition) is 0. The van der Waals surface area contributed by atoms with Gasteiger partial charge in [-0.05, 0) is 42.3 Å². The van der Waals surface area contributed by atoms with Crippen LogP contribution in [0.3, 0.4) is 0 Å². The summed E-state index contributed by atoms with van der Waals surface area (Å²) >= 11 is 0. The average Bonchev–Trinajstić information content (AvgIpc) is 2.97. The lowest BCUT2D eigenvalue weighted by Crippen LogP contribution is -2.15. The molecule has 0 fully saturated rings. The van der Waals surface area contributed by atoms with Crippen LogP contribution in [0.4, 0.5) is 11.5 Å². The lowest BCUT2D eigenvalue weighted by atomic mass is 10.1. The standard InChI is InChI=1S/C17H15N3O/c1-21-13-6-7-16-12(10-13)8-9-20(16)17-14-4-2-3-5-15(14)18-11-19-17/h2-7,10-11H,8-9H2,1H3. The number of ether oxygens (including phenoxy) is 1. The molecule has 4 nitrogen and oxygen atoms in total. The zero-order valence-corrected chi connectivity index (χ0v) is 11.8. The average molecular weight is 277 g/mol. The third kappa shape index (κ3) is 1.91. The van der Waals surface area contributed by atoms with E-state index in [1.165, 1.54) is 11.3 Å². The molecule has 2 aromatic carbocycles. The molecule has 0 atom stereocenters. The maximum Gasteiger partial charge on any atom is 0.144 e. The summed E-state index contributed by atoms with van der Waals surface area (Å²) in [4.78, 5) is 11.1. The Bertz CT molecular complexity index is 811. The molecule has 0 unspecified atom stereocenters. The third-order valence-corrected chi connectivity index (χ3v) is 3.96. The first-order valence-corrected chi connectivity index (χ1v) is 7.01. The lowest BCUT2D eigenvalue weighted by Gasteiger charge is -2.19. The maximum atomic E-state index is 5.31. The molecule has 2 heterocycles. The summed E-state index contributed by atoms with van der Waals surface area (Å²) in [5.74, 6) is 1.88. The zero-order chi connectivity index (χ0) is 14.2. The Kier molecular flexibility index (Phi) is 2.74. The minimum atomic E-state index is 0.906. The van der Waals surface area contributed by atoms with Crippen LogP contribution in [0.1, 0.15) is 5.56 Å². The quantitative estimate of drug-likeness (QED) is 0.720. The molecule has 0 saturated carbocycles. The molecule has 1 aliphatic rings. The Morgan fingerprint density at radius 3 is 2.90 bits per heavy atom. The van der Waals surface area contributed by atoms with E-state index in [1.54, 1.807) is 13.4 Å². The van der Waals surface area contributed by atoms with Crippen molar-refractivity contribution in [2.24, 2.45) is 0 Å². The molecule has 4 rings (SSSR count). The van der Waals surface area contributed by atoms with Gasteiger partial charge in [-0.2, -0.15) is 0 Å². The molecule has 0 bridgehead atoms. The van der Waals surface area contributed by atoms with Crippen molar-refractivity contribution < 1.29 is 4.74 Å². The normalized spacial score (nSPS) is 13.5. The van der Waals surface area contributed by atoms with Gasteiger partial charge in [0.05, 0.1) is 12.6 Å². The van der Waals surface area contributed by atoms with Crippen molar-refractivity contribution in [3.63, 3.8) is 0 Å². The van der Waals surface area contributed by atoms with Crippen molar-refractivity contribution in [2.45, 2.75) is 6.42 Å². The number of hydrogen-bond acceptors (Lipinski definition) is 4. The summed E-state index contributed by atoms with van der Waals surface area (Å²) in [6.07, 6.45) is 2.64. The van der Waals surface area contributed by atoms with Gasteiger partial charge < -0.3 is 9.64 Å². The van der Waals surface area contributed by atoms with Crippen LogP contribution in [0.15, 0.2) is 48.8 Å². The van der Waals surface area contributed by atoms with E-state index in [2.05, 4.69) is 33.1 Å². The number of aromatic nitrogens is 2. The van der Waals surface area contributed by atoms with Crippen molar-refractivity contribution >= 4 is 22.4 Å². The largest absolute Gasteiger partial charge is 0.497 e. The molecule has 104 valence electrons. The van der Waals surface area contributed by atoms with Crippen LogP contribution in [0.2, 0.25) is 0 Å². The molecule has 0 N–H and O–H groups in total. The second-order valence-electron chi connectivity index (χ2n) is 5.11. The predicted molar refractivity (Wildman–Crippen MR) is 83.2 cm³/mol. The molecule has 0 amide bonds. The fourth-order valence-electron chi connectivity index (χ4n) is 2.93. The van der Waals surface area contributed by atoms with Gasteiger partial charge in [0.2, 0.25) is 0 Å². The van der Waals surface area contributed by atoms with E-state index < -0.39 is 0 Å². The monoisotopic (exact) mass is 277 g/mol. The van der Waals surface area contributed by atoms with Crippen LogP contribution in [0.5, 0.6) is 5.75 Å². The Balaban J connectivity index is 1.85. The summed E-state index contributed by atoms with van der Waals surface area (Å²) < 4.78 is 5.31. The molecule has 4 heteroatoms. The van der Waals surface area contributed by atoms with Gasteiger partial charge in [0.1, 0.15) is 17.9 Å². The Morgan fingerprint density at radius 2 is 2.00 bits per heavy atom. The number of nitrogens with zero attached hydrogens (tertiary/aromatic N) is 3. The van der Waals surface area contributed by atoms with Crippen LogP contribution in [-0.2, 0) is 6.42 Å². The number of fused-ring (bicyclic) bond motifs is 2. The van der Waals surface area contributed by atoms with Gasteiger partial charge >= 0.3 is 0 Å². The van der Waals surface area contributed by atoms with E-state index >= 15 is 0 Å². The van der Waals surface area contributed by atoms with Crippen molar-refractivity contribution in [3.05, 3.63) is 54.4 Å². The summed E-state index contributed by atoms with van der Waals surface area (Å²) in [5.41, 5.74) is 3.49. The molecule has 0 aliphatic carbocycles. The first-order chi connectivity index (χ1) is 10.4. The summed E-state index contributed by atoms with van der Waals surface area (Å²) in [7, 11) is 1.70. The fourth-order valence-corrected chi connectivity index (χ4v) is 2.93. The van der Waals surface area contributed by atoms with E-state index in [-0.39, 0.29) is 0 Å². The molecule has 21 heavy (non-hydrogen) atoms. The topological polar surface area (TPSA) is 38.2 Å². The Labute approximate surface area is 123 Å². The first-order valence-electron chi connectivity index (χ1n) is 7.01. The van der Waals surface area contributed by atoms with Gasteiger partial charge in [0.15, 0.2) is 0 Å². The van der Waals surface area contributed by atoms with Crippen molar-refractivity contribution in [3.8, 4) is 5.75 Å². The van der Waals surface area contributed by atoms with E-state index in [4.69, 9.17) is 4.74 Å². The van der Waals surface area contributed by atoms with E-state index in [9.17, 15) is 0 Å². The van der Waals surface area contributed by atoms with Gasteiger partial charge in [-0.3, -0.25) is 0 Å². The molecule has 3 aromatic rings. The molecular weight excluding hydrogens is 262 g/mol. The minimum absolute atomic E-state index is 0.906. The number of methoxy groups -OCH3 is 1. The molecule has 0 radical (unpaired) electrons. The maximum absolute atomic E-state index is 5.31. The highest BCUT2D eigenvalue weighted by Gasteiger charge is 2.23. The molecule has 1 aromatic heterocycles. The molecule has 0 spiro atoms. The van der Waals surface area contributed by atoms with Crippen LogP contribution in [0.25, 0.3) is 10.9 Å². The third-order valence-electron chi connectivity index (χ3n) is 3.96. The highest BCUT2D eigenvalue weighted by Crippen LogP contribution is 2.37. The van der Waals surface area contributed by atoms with Crippen LogP contribution < -0.4 is 9.64 Å². The van der Waals surface area contributed by atoms with Gasteiger partial charge in [0, 0.05) is 17.6 Å². The summed E-state index contributed by atoms with van der Waals surface area (Å²) in [6, 6.07) is 14.3. The SMILES string of the molecule is COc1ccc2c(c1)CCN2c1ncnc2ccccc12. The molecular formula is C17H15N3O. The molecule has 1 aliphatic heterocycles. The second-order valence-corrected chi connectivity index (χ2v) is 5.11. The van der Waals surface area contributed by atoms with Gasteiger partial charge in [0.25, 0.3) is 0 Å². The van der Waals surface area contributed by atoms with Crippen LogP contribution >= 0.6 is 0 Å².